The van der Waals surface area contributed by atoms with Gasteiger partial charge in [0.15, 0.2) is 0 Å². The molecule has 2 aliphatic rings. The molecule has 5 aromatic carbocycles. The first-order valence-corrected chi connectivity index (χ1v) is 28.6. The van der Waals surface area contributed by atoms with Crippen LogP contribution in [0.4, 0.5) is 0 Å². The number of ether oxygens (including phenoxy) is 1. The molecule has 2 heterocycles. The molecule has 4 amide bonds. The molecule has 0 unspecified atom stereocenters. The van der Waals surface area contributed by atoms with E-state index in [1.807, 2.05) is 18.2 Å². The quantitative estimate of drug-likeness (QED) is 0.0140. The highest BCUT2D eigenvalue weighted by Gasteiger charge is 2.42. The SMILES string of the molecule is CCCCCCSc1cc2c3c(cc(OCCCC)c4c5ccc6c7c(ccc(c1c34)c75)C(=O)N(C(CCCCCC)CCCCCC)C6=O)C(=O)N(C(CCCCCC)CCCCCC)C2=O. The van der Waals surface area contributed by atoms with Crippen molar-refractivity contribution in [2.75, 3.05) is 12.4 Å². The van der Waals surface area contributed by atoms with E-state index in [2.05, 4.69) is 59.7 Å². The van der Waals surface area contributed by atoms with Crippen molar-refractivity contribution in [3.63, 3.8) is 0 Å². The summed E-state index contributed by atoms with van der Waals surface area (Å²) in [6.45, 7) is 13.7. The van der Waals surface area contributed by atoms with Gasteiger partial charge in [-0.15, -0.1) is 11.8 Å². The van der Waals surface area contributed by atoms with Crippen molar-refractivity contribution in [1.82, 2.24) is 9.80 Å². The fourth-order valence-electron chi connectivity index (χ4n) is 11.4. The van der Waals surface area contributed by atoms with Gasteiger partial charge in [0.2, 0.25) is 0 Å². The summed E-state index contributed by atoms with van der Waals surface area (Å²) in [6, 6.07) is 11.8. The molecule has 0 fully saturated rings. The van der Waals surface area contributed by atoms with Gasteiger partial charge < -0.3 is 4.74 Å². The highest BCUT2D eigenvalue weighted by atomic mass is 32.2. The van der Waals surface area contributed by atoms with Crippen molar-refractivity contribution < 1.29 is 23.9 Å². The van der Waals surface area contributed by atoms with E-state index in [4.69, 9.17) is 4.74 Å². The number of nitrogens with zero attached hydrogens (tertiary/aromatic N) is 2. The van der Waals surface area contributed by atoms with E-state index in [1.54, 1.807) is 21.6 Å². The Morgan fingerprint density at radius 1 is 0.412 bits per heavy atom. The average molecular weight is 943 g/mol. The second-order valence-corrected chi connectivity index (χ2v) is 21.3. The van der Waals surface area contributed by atoms with Crippen LogP contribution in [-0.4, -0.2) is 57.9 Å². The van der Waals surface area contributed by atoms with Crippen LogP contribution in [0.5, 0.6) is 5.75 Å². The molecule has 0 saturated carbocycles. The lowest BCUT2D eigenvalue weighted by molar-refractivity contribution is 0.0501. The molecule has 0 aromatic heterocycles. The van der Waals surface area contributed by atoms with Gasteiger partial charge in [-0.2, -0.15) is 0 Å². The van der Waals surface area contributed by atoms with Crippen molar-refractivity contribution in [2.24, 2.45) is 0 Å². The van der Waals surface area contributed by atoms with Crippen molar-refractivity contribution in [1.29, 1.82) is 0 Å². The molecule has 7 nitrogen and oxygen atoms in total. The number of benzene rings is 5. The van der Waals surface area contributed by atoms with Gasteiger partial charge in [0.05, 0.1) is 12.2 Å². The molecule has 68 heavy (non-hydrogen) atoms. The molecule has 0 radical (unpaired) electrons. The Balaban J connectivity index is 1.45. The minimum atomic E-state index is -0.220. The van der Waals surface area contributed by atoms with Crippen molar-refractivity contribution >= 4 is 78.5 Å². The molecule has 0 N–H and O–H groups in total. The second-order valence-electron chi connectivity index (χ2n) is 20.2. The molecule has 0 atom stereocenters. The molecular weight excluding hydrogens is 861 g/mol. The van der Waals surface area contributed by atoms with Gasteiger partial charge in [-0.3, -0.25) is 29.0 Å². The number of hydrogen-bond acceptors (Lipinski definition) is 6. The molecule has 2 aliphatic heterocycles. The highest BCUT2D eigenvalue weighted by molar-refractivity contribution is 7.99. The summed E-state index contributed by atoms with van der Waals surface area (Å²) in [7, 11) is 0. The van der Waals surface area contributed by atoms with Crippen LogP contribution in [-0.2, 0) is 0 Å². The second kappa shape index (κ2) is 25.1. The highest BCUT2D eigenvalue weighted by Crippen LogP contribution is 2.52. The molecular formula is C60H82N2O5S. The maximum atomic E-state index is 15.3. The normalized spacial score (nSPS) is 14.0. The van der Waals surface area contributed by atoms with Gasteiger partial charge in [-0.05, 0) is 84.7 Å². The van der Waals surface area contributed by atoms with Gasteiger partial charge in [-0.25, -0.2) is 0 Å². The van der Waals surface area contributed by atoms with Crippen LogP contribution in [0.2, 0.25) is 0 Å². The summed E-state index contributed by atoms with van der Waals surface area (Å²) < 4.78 is 6.83. The third kappa shape index (κ3) is 10.8. The molecule has 0 aliphatic carbocycles. The smallest absolute Gasteiger partial charge is 0.261 e. The summed E-state index contributed by atoms with van der Waals surface area (Å²) in [5.41, 5.74) is 2.29. The number of hydrogen-bond donors (Lipinski definition) is 0. The lowest BCUT2D eigenvalue weighted by Crippen LogP contribution is -2.47. The zero-order valence-electron chi connectivity index (χ0n) is 42.8. The number of imide groups is 2. The maximum absolute atomic E-state index is 15.3. The number of carbonyl (C=O) groups excluding carboxylic acids is 4. The molecule has 0 bridgehead atoms. The summed E-state index contributed by atoms with van der Waals surface area (Å²) in [5, 5.41) is 6.88. The Morgan fingerprint density at radius 2 is 0.824 bits per heavy atom. The number of carbonyl (C=O) groups is 4. The van der Waals surface area contributed by atoms with Gasteiger partial charge in [0, 0.05) is 60.6 Å². The predicted octanol–water partition coefficient (Wildman–Crippen LogP) is 17.4. The van der Waals surface area contributed by atoms with E-state index in [9.17, 15) is 0 Å². The molecule has 8 heteroatoms. The Morgan fingerprint density at radius 3 is 1.29 bits per heavy atom. The summed E-state index contributed by atoms with van der Waals surface area (Å²) >= 11 is 1.79. The van der Waals surface area contributed by atoms with Gasteiger partial charge in [0.25, 0.3) is 23.6 Å². The lowest BCUT2D eigenvalue weighted by atomic mass is 9.81. The molecule has 0 saturated heterocycles. The number of fused-ring (bicyclic) bond motifs is 2. The molecule has 368 valence electrons. The van der Waals surface area contributed by atoms with Gasteiger partial charge >= 0.3 is 0 Å². The van der Waals surface area contributed by atoms with Gasteiger partial charge in [0.1, 0.15) is 5.75 Å². The minimum absolute atomic E-state index is 0.146. The van der Waals surface area contributed by atoms with E-state index in [1.165, 1.54) is 6.42 Å². The first-order valence-electron chi connectivity index (χ1n) is 27.6. The molecule has 7 rings (SSSR count). The Labute approximate surface area is 412 Å². The third-order valence-corrected chi connectivity index (χ3v) is 16.3. The van der Waals surface area contributed by atoms with Crippen LogP contribution in [0.1, 0.15) is 250 Å². The standard InChI is InChI=1S/C60H82N2O5S/c1-7-13-19-24-29-41(30-25-20-14-8-2)61-57(63)45-35-33-43-51-44(34-36-46(52(45)51)58(61)64)55-50(68-38-28-23-17-11-5)40-48-53-47(39-49(54(43)56(53)55)67-37-18-12-6)59(65)62(60(48)66)42(31-26-21-15-9-3)32-27-22-16-10-4/h33-36,39-42H,7-32,37-38H2,1-6H3. The lowest BCUT2D eigenvalue weighted by Gasteiger charge is -2.36. The van der Waals surface area contributed by atoms with Gasteiger partial charge in [-0.1, -0.05) is 182 Å². The van der Waals surface area contributed by atoms with Crippen molar-refractivity contribution in [2.45, 2.75) is 225 Å². The maximum Gasteiger partial charge on any atom is 0.261 e. The number of rotatable bonds is 32. The summed E-state index contributed by atoms with van der Waals surface area (Å²) in [5.74, 6) is 0.720. The van der Waals surface area contributed by atoms with Crippen LogP contribution in [0.25, 0.3) is 43.1 Å². The van der Waals surface area contributed by atoms with Crippen LogP contribution in [0.3, 0.4) is 0 Å². The summed E-state index contributed by atoms with van der Waals surface area (Å²) in [6.07, 6.45) is 27.0. The topological polar surface area (TPSA) is 84.0 Å². The fourth-order valence-corrected chi connectivity index (χ4v) is 12.5. The Kier molecular flexibility index (Phi) is 19.1. The number of amides is 4. The predicted molar refractivity (Wildman–Crippen MR) is 287 cm³/mol. The van der Waals surface area contributed by atoms with Crippen LogP contribution >= 0.6 is 11.8 Å². The molecule has 5 aromatic rings. The monoisotopic (exact) mass is 943 g/mol. The fraction of sp³-hybridized carbons (Fsp3) is 0.600. The van der Waals surface area contributed by atoms with Crippen LogP contribution < -0.4 is 4.74 Å². The molecule has 0 spiro atoms. The van der Waals surface area contributed by atoms with Crippen molar-refractivity contribution in [3.05, 3.63) is 58.7 Å². The zero-order chi connectivity index (χ0) is 48.2. The first-order chi connectivity index (χ1) is 33.3. The largest absolute Gasteiger partial charge is 0.493 e. The number of unbranched alkanes of at least 4 members (excludes halogenated alkanes) is 16. The third-order valence-electron chi connectivity index (χ3n) is 15.1. The first kappa shape index (κ1) is 51.7. The Bertz CT molecular complexity index is 2480. The average Bonchev–Trinajstić information content (AvgIpc) is 3.34. The van der Waals surface area contributed by atoms with E-state index < -0.39 is 0 Å². The van der Waals surface area contributed by atoms with Crippen LogP contribution in [0.15, 0.2) is 41.3 Å². The zero-order valence-corrected chi connectivity index (χ0v) is 43.6. The van der Waals surface area contributed by atoms with Crippen molar-refractivity contribution in [3.8, 4) is 5.75 Å². The van der Waals surface area contributed by atoms with Crippen LogP contribution in [0, 0.1) is 0 Å². The minimum Gasteiger partial charge on any atom is -0.493 e. The Hall–Kier alpha value is -4.17. The number of thioether (sulfide) groups is 1. The van der Waals surface area contributed by atoms with E-state index in [0.29, 0.717) is 45.4 Å². The summed E-state index contributed by atoms with van der Waals surface area (Å²) in [4.78, 5) is 65.0. The van der Waals surface area contributed by atoms with E-state index >= 15 is 19.2 Å². The van der Waals surface area contributed by atoms with E-state index in [-0.39, 0.29) is 35.7 Å². The van der Waals surface area contributed by atoms with E-state index in [0.717, 1.165) is 203 Å².